The highest BCUT2D eigenvalue weighted by atomic mass is 16.5. The van der Waals surface area contributed by atoms with Gasteiger partial charge in [-0.25, -0.2) is 0 Å². The average molecular weight is 252 g/mol. The van der Waals surface area contributed by atoms with Gasteiger partial charge < -0.3 is 20.1 Å². The van der Waals surface area contributed by atoms with Crippen LogP contribution in [0.3, 0.4) is 0 Å². The molecule has 98 valence electrons. The summed E-state index contributed by atoms with van der Waals surface area (Å²) < 4.78 is 5.08. The minimum absolute atomic E-state index is 0.104. The molecule has 6 nitrogen and oxygen atoms in total. The van der Waals surface area contributed by atoms with Gasteiger partial charge in [0.15, 0.2) is 5.78 Å². The zero-order chi connectivity index (χ0) is 13.2. The Kier molecular flexibility index (Phi) is 3.49. The quantitative estimate of drug-likeness (QED) is 0.663. The van der Waals surface area contributed by atoms with Crippen LogP contribution < -0.4 is 5.32 Å². The van der Waals surface area contributed by atoms with Crippen LogP contribution >= 0.6 is 0 Å². The second-order valence-electron chi connectivity index (χ2n) is 4.57. The van der Waals surface area contributed by atoms with E-state index in [1.165, 1.54) is 19.2 Å². The fourth-order valence-corrected chi connectivity index (χ4v) is 1.80. The van der Waals surface area contributed by atoms with E-state index < -0.39 is 5.60 Å². The van der Waals surface area contributed by atoms with Gasteiger partial charge in [0.2, 0.25) is 0 Å². The number of Topliss-reactive ketones (excluding diaryl/α,β-unsaturated/α-hetero) is 1. The van der Waals surface area contributed by atoms with Crippen molar-refractivity contribution in [2.24, 2.45) is 0 Å². The molecule has 1 unspecified atom stereocenters. The average Bonchev–Trinajstić information content (AvgIpc) is 2.95. The van der Waals surface area contributed by atoms with Crippen LogP contribution in [0.25, 0.3) is 0 Å². The zero-order valence-electron chi connectivity index (χ0n) is 10.2. The lowest BCUT2D eigenvalue weighted by Crippen LogP contribution is -2.43. The molecule has 1 fully saturated rings. The Bertz CT molecular complexity index is 460. The summed E-state index contributed by atoms with van der Waals surface area (Å²) >= 11 is 0. The van der Waals surface area contributed by atoms with Crippen molar-refractivity contribution in [1.82, 2.24) is 10.3 Å². The standard InChI is InChI=1S/C12H16N2O4/c1-8(15)9-4-10(13-5-9)11(16)14-6-12(17)2-3-18-7-12/h4-5,13,17H,2-3,6-7H2,1H3,(H,14,16). The number of hydrogen-bond donors (Lipinski definition) is 3. The highest BCUT2D eigenvalue weighted by molar-refractivity contribution is 5.99. The maximum absolute atomic E-state index is 11.8. The van der Waals surface area contributed by atoms with Gasteiger partial charge in [0.1, 0.15) is 11.3 Å². The highest BCUT2D eigenvalue weighted by Crippen LogP contribution is 2.17. The summed E-state index contributed by atoms with van der Waals surface area (Å²) in [6, 6.07) is 1.49. The third-order valence-corrected chi connectivity index (χ3v) is 2.99. The maximum atomic E-state index is 11.8. The molecular formula is C12H16N2O4. The summed E-state index contributed by atoms with van der Waals surface area (Å²) in [5, 5.41) is 12.6. The second-order valence-corrected chi connectivity index (χ2v) is 4.57. The van der Waals surface area contributed by atoms with Crippen LogP contribution in [-0.2, 0) is 4.74 Å². The number of aliphatic hydroxyl groups is 1. The number of rotatable bonds is 4. The van der Waals surface area contributed by atoms with Crippen LogP contribution in [0.1, 0.15) is 34.2 Å². The molecule has 2 heterocycles. The SMILES string of the molecule is CC(=O)c1c[nH]c(C(=O)NCC2(O)CCOC2)c1. The van der Waals surface area contributed by atoms with Crippen LogP contribution in [0, 0.1) is 0 Å². The fraction of sp³-hybridized carbons (Fsp3) is 0.500. The van der Waals surface area contributed by atoms with E-state index in [4.69, 9.17) is 4.74 Å². The zero-order valence-corrected chi connectivity index (χ0v) is 10.2. The van der Waals surface area contributed by atoms with Gasteiger partial charge in [-0.05, 0) is 13.0 Å². The number of carbonyl (C=O) groups is 2. The molecular weight excluding hydrogens is 236 g/mol. The molecule has 0 aliphatic carbocycles. The van der Waals surface area contributed by atoms with Crippen molar-refractivity contribution < 1.29 is 19.4 Å². The van der Waals surface area contributed by atoms with Crippen molar-refractivity contribution in [1.29, 1.82) is 0 Å². The van der Waals surface area contributed by atoms with E-state index in [9.17, 15) is 14.7 Å². The van der Waals surface area contributed by atoms with Gasteiger partial charge in [-0.15, -0.1) is 0 Å². The van der Waals surface area contributed by atoms with Gasteiger partial charge in [-0.1, -0.05) is 0 Å². The number of hydrogen-bond acceptors (Lipinski definition) is 4. The number of carbonyl (C=O) groups excluding carboxylic acids is 2. The van der Waals surface area contributed by atoms with Crippen LogP contribution in [0.4, 0.5) is 0 Å². The van der Waals surface area contributed by atoms with Gasteiger partial charge in [-0.2, -0.15) is 0 Å². The minimum Gasteiger partial charge on any atom is -0.386 e. The number of amides is 1. The van der Waals surface area contributed by atoms with E-state index in [-0.39, 0.29) is 24.8 Å². The molecule has 1 aromatic heterocycles. The summed E-state index contributed by atoms with van der Waals surface area (Å²) in [7, 11) is 0. The highest BCUT2D eigenvalue weighted by Gasteiger charge is 2.32. The maximum Gasteiger partial charge on any atom is 0.267 e. The normalized spacial score (nSPS) is 23.0. The third-order valence-electron chi connectivity index (χ3n) is 2.99. The molecule has 1 amide bonds. The lowest BCUT2D eigenvalue weighted by Gasteiger charge is -2.20. The second kappa shape index (κ2) is 4.91. The molecule has 1 aliphatic rings. The Morgan fingerprint density at radius 3 is 2.94 bits per heavy atom. The van der Waals surface area contributed by atoms with Gasteiger partial charge in [0.25, 0.3) is 5.91 Å². The third kappa shape index (κ3) is 2.77. The van der Waals surface area contributed by atoms with E-state index in [0.717, 1.165) is 0 Å². The Hall–Kier alpha value is -1.66. The summed E-state index contributed by atoms with van der Waals surface area (Å²) in [6.45, 7) is 2.31. The van der Waals surface area contributed by atoms with Crippen LogP contribution in [0.5, 0.6) is 0 Å². The molecule has 0 spiro atoms. The van der Waals surface area contributed by atoms with Gasteiger partial charge in [0.05, 0.1) is 6.61 Å². The Labute approximate surface area is 104 Å². The first-order valence-corrected chi connectivity index (χ1v) is 5.78. The summed E-state index contributed by atoms with van der Waals surface area (Å²) in [5.41, 5.74) is -0.211. The van der Waals surface area contributed by atoms with Gasteiger partial charge in [-0.3, -0.25) is 9.59 Å². The van der Waals surface area contributed by atoms with Gasteiger partial charge in [0, 0.05) is 31.3 Å². The molecule has 0 radical (unpaired) electrons. The first-order valence-electron chi connectivity index (χ1n) is 5.78. The molecule has 0 aromatic carbocycles. The first kappa shape index (κ1) is 12.8. The minimum atomic E-state index is -0.980. The summed E-state index contributed by atoms with van der Waals surface area (Å²) in [5.74, 6) is -0.448. The molecule has 1 aliphatic heterocycles. The number of nitrogens with one attached hydrogen (secondary N) is 2. The molecule has 0 bridgehead atoms. The molecule has 3 N–H and O–H groups in total. The van der Waals surface area contributed by atoms with Crippen molar-refractivity contribution in [3.05, 3.63) is 23.5 Å². The van der Waals surface area contributed by atoms with E-state index in [1.807, 2.05) is 0 Å². The molecule has 0 saturated carbocycles. The summed E-state index contributed by atoms with van der Waals surface area (Å²) in [6.07, 6.45) is 2.00. The van der Waals surface area contributed by atoms with E-state index in [2.05, 4.69) is 10.3 Å². The summed E-state index contributed by atoms with van der Waals surface area (Å²) in [4.78, 5) is 25.6. The number of aromatic amines is 1. The molecule has 18 heavy (non-hydrogen) atoms. The Balaban J connectivity index is 1.93. The topological polar surface area (TPSA) is 91.4 Å². The molecule has 1 aromatic rings. The van der Waals surface area contributed by atoms with E-state index in [1.54, 1.807) is 0 Å². The largest absolute Gasteiger partial charge is 0.386 e. The lowest BCUT2D eigenvalue weighted by atomic mass is 10.0. The predicted molar refractivity (Wildman–Crippen MR) is 63.5 cm³/mol. The van der Waals surface area contributed by atoms with Crippen LogP contribution in [-0.4, -0.2) is 47.1 Å². The fourth-order valence-electron chi connectivity index (χ4n) is 1.80. The number of ether oxygens (including phenoxy) is 1. The molecule has 2 rings (SSSR count). The van der Waals surface area contributed by atoms with Crippen LogP contribution in [0.2, 0.25) is 0 Å². The number of aromatic nitrogens is 1. The monoisotopic (exact) mass is 252 g/mol. The van der Waals surface area contributed by atoms with Crippen molar-refractivity contribution in [3.63, 3.8) is 0 Å². The molecule has 6 heteroatoms. The first-order chi connectivity index (χ1) is 8.50. The number of ketones is 1. The Morgan fingerprint density at radius 2 is 2.39 bits per heavy atom. The van der Waals surface area contributed by atoms with Crippen molar-refractivity contribution >= 4 is 11.7 Å². The smallest absolute Gasteiger partial charge is 0.267 e. The van der Waals surface area contributed by atoms with E-state index >= 15 is 0 Å². The lowest BCUT2D eigenvalue weighted by molar-refractivity contribution is 0.0264. The Morgan fingerprint density at radius 1 is 1.61 bits per heavy atom. The van der Waals surface area contributed by atoms with Crippen molar-refractivity contribution in [2.45, 2.75) is 18.9 Å². The van der Waals surface area contributed by atoms with Gasteiger partial charge >= 0.3 is 0 Å². The van der Waals surface area contributed by atoms with Crippen molar-refractivity contribution in [3.8, 4) is 0 Å². The van der Waals surface area contributed by atoms with E-state index in [0.29, 0.717) is 24.3 Å². The number of H-pyrrole nitrogens is 1. The molecule has 1 saturated heterocycles. The molecule has 1 atom stereocenters. The van der Waals surface area contributed by atoms with Crippen molar-refractivity contribution in [2.75, 3.05) is 19.8 Å². The van der Waals surface area contributed by atoms with Crippen LogP contribution in [0.15, 0.2) is 12.3 Å². The predicted octanol–water partition coefficient (Wildman–Crippen LogP) is 0.0985.